The first-order valence-electron chi connectivity index (χ1n) is 7.37. The molecule has 3 rings (SSSR count). The van der Waals surface area contributed by atoms with Gasteiger partial charge >= 0.3 is 0 Å². The van der Waals surface area contributed by atoms with Gasteiger partial charge in [-0.25, -0.2) is 0 Å². The van der Waals surface area contributed by atoms with Crippen LogP contribution in [0.3, 0.4) is 0 Å². The monoisotopic (exact) mass is 278 g/mol. The molecule has 19 heavy (non-hydrogen) atoms. The van der Waals surface area contributed by atoms with Crippen LogP contribution < -0.4 is 5.73 Å². The quantitative estimate of drug-likeness (QED) is 0.924. The first-order valence-corrected chi connectivity index (χ1v) is 8.25. The largest absolute Gasteiger partial charge is 0.338 e. The minimum atomic E-state index is -0.456. The van der Waals surface area contributed by atoms with Crippen LogP contribution in [0.1, 0.15) is 49.4 Å². The lowest BCUT2D eigenvalue weighted by Gasteiger charge is -2.31. The van der Waals surface area contributed by atoms with Gasteiger partial charge in [-0.05, 0) is 43.0 Å². The third kappa shape index (κ3) is 2.56. The van der Waals surface area contributed by atoms with Gasteiger partial charge in [0.1, 0.15) is 6.04 Å². The van der Waals surface area contributed by atoms with Crippen molar-refractivity contribution in [3.8, 4) is 0 Å². The Hall–Kier alpha value is -0.870. The van der Waals surface area contributed by atoms with Crippen LogP contribution in [-0.4, -0.2) is 23.4 Å². The van der Waals surface area contributed by atoms with E-state index < -0.39 is 6.04 Å². The smallest absolute Gasteiger partial charge is 0.245 e. The summed E-state index contributed by atoms with van der Waals surface area (Å²) in [6.07, 6.45) is 7.57. The van der Waals surface area contributed by atoms with E-state index in [-0.39, 0.29) is 5.91 Å². The number of carbonyl (C=O) groups is 1. The number of nitrogens with zero attached hydrogens (tertiary/aromatic N) is 1. The molecule has 4 heteroatoms. The van der Waals surface area contributed by atoms with E-state index in [0.29, 0.717) is 6.04 Å². The summed E-state index contributed by atoms with van der Waals surface area (Å²) in [4.78, 5) is 15.7. The van der Waals surface area contributed by atoms with E-state index in [1.807, 2.05) is 17.5 Å². The zero-order valence-corrected chi connectivity index (χ0v) is 12.1. The highest BCUT2D eigenvalue weighted by molar-refractivity contribution is 7.10. The predicted octanol–water partition coefficient (Wildman–Crippen LogP) is 2.93. The van der Waals surface area contributed by atoms with E-state index in [4.69, 9.17) is 5.73 Å². The van der Waals surface area contributed by atoms with Crippen molar-refractivity contribution in [1.29, 1.82) is 0 Å². The van der Waals surface area contributed by atoms with Gasteiger partial charge in [-0.1, -0.05) is 18.9 Å². The SMILES string of the molecule is NC(C(=O)N1CCCC1C1CCCC1)c1cccs1. The normalized spacial score (nSPS) is 25.9. The van der Waals surface area contributed by atoms with Gasteiger partial charge in [0.25, 0.3) is 0 Å². The van der Waals surface area contributed by atoms with Crippen molar-refractivity contribution in [3.05, 3.63) is 22.4 Å². The van der Waals surface area contributed by atoms with Gasteiger partial charge in [0, 0.05) is 17.5 Å². The van der Waals surface area contributed by atoms with Gasteiger partial charge in [0.05, 0.1) is 0 Å². The molecule has 0 aromatic carbocycles. The molecule has 1 saturated heterocycles. The zero-order chi connectivity index (χ0) is 13.2. The fraction of sp³-hybridized carbons (Fsp3) is 0.667. The summed E-state index contributed by atoms with van der Waals surface area (Å²) in [6, 6.07) is 3.93. The lowest BCUT2D eigenvalue weighted by Crippen LogP contribution is -2.43. The van der Waals surface area contributed by atoms with Crippen molar-refractivity contribution in [2.75, 3.05) is 6.54 Å². The fourth-order valence-electron chi connectivity index (χ4n) is 3.67. The Labute approximate surface area is 118 Å². The predicted molar refractivity (Wildman–Crippen MR) is 77.9 cm³/mol. The molecule has 1 amide bonds. The Bertz CT molecular complexity index is 425. The van der Waals surface area contributed by atoms with Gasteiger partial charge in [-0.3, -0.25) is 4.79 Å². The molecule has 2 atom stereocenters. The molecule has 3 nitrogen and oxygen atoms in total. The summed E-state index contributed by atoms with van der Waals surface area (Å²) in [6.45, 7) is 0.902. The van der Waals surface area contributed by atoms with Crippen LogP contribution in [0.15, 0.2) is 17.5 Å². The van der Waals surface area contributed by atoms with Crippen molar-refractivity contribution in [1.82, 2.24) is 4.90 Å². The average molecular weight is 278 g/mol. The second-order valence-corrected chi connectivity index (χ2v) is 6.76. The van der Waals surface area contributed by atoms with Crippen molar-refractivity contribution in [2.45, 2.75) is 50.6 Å². The number of hydrogen-bond acceptors (Lipinski definition) is 3. The van der Waals surface area contributed by atoms with Crippen LogP contribution in [0, 0.1) is 5.92 Å². The van der Waals surface area contributed by atoms with E-state index in [2.05, 4.69) is 4.90 Å². The maximum atomic E-state index is 12.6. The molecule has 2 N–H and O–H groups in total. The van der Waals surface area contributed by atoms with Gasteiger partial charge in [-0.2, -0.15) is 0 Å². The van der Waals surface area contributed by atoms with Crippen LogP contribution in [0.4, 0.5) is 0 Å². The number of nitrogens with two attached hydrogens (primary N) is 1. The lowest BCUT2D eigenvalue weighted by atomic mass is 9.95. The highest BCUT2D eigenvalue weighted by Gasteiger charge is 2.37. The summed E-state index contributed by atoms with van der Waals surface area (Å²) in [7, 11) is 0. The third-order valence-electron chi connectivity index (χ3n) is 4.64. The Balaban J connectivity index is 1.71. The molecule has 1 aliphatic heterocycles. The molecule has 2 heterocycles. The minimum absolute atomic E-state index is 0.136. The maximum Gasteiger partial charge on any atom is 0.245 e. The van der Waals surface area contributed by atoms with Gasteiger partial charge < -0.3 is 10.6 Å². The van der Waals surface area contributed by atoms with Crippen LogP contribution >= 0.6 is 11.3 Å². The summed E-state index contributed by atoms with van der Waals surface area (Å²) in [5, 5.41) is 1.99. The van der Waals surface area contributed by atoms with Crippen molar-refractivity contribution in [3.63, 3.8) is 0 Å². The second-order valence-electron chi connectivity index (χ2n) is 5.78. The topological polar surface area (TPSA) is 46.3 Å². The highest BCUT2D eigenvalue weighted by Crippen LogP contribution is 2.36. The van der Waals surface area contributed by atoms with Crippen molar-refractivity contribution >= 4 is 17.2 Å². The fourth-order valence-corrected chi connectivity index (χ4v) is 4.39. The molecule has 1 aromatic heterocycles. The molecule has 0 radical (unpaired) electrons. The molecule has 1 saturated carbocycles. The summed E-state index contributed by atoms with van der Waals surface area (Å²) in [5.74, 6) is 0.860. The van der Waals surface area contributed by atoms with Crippen LogP contribution in [0.25, 0.3) is 0 Å². The molecular formula is C15H22N2OS. The van der Waals surface area contributed by atoms with E-state index in [0.717, 1.165) is 23.8 Å². The molecule has 2 fully saturated rings. The summed E-state index contributed by atoms with van der Waals surface area (Å²) in [5.41, 5.74) is 6.14. The number of carbonyl (C=O) groups excluding carboxylic acids is 1. The number of likely N-dealkylation sites (tertiary alicyclic amines) is 1. The number of hydrogen-bond donors (Lipinski definition) is 1. The molecule has 1 aliphatic carbocycles. The Kier molecular flexibility index (Phi) is 3.89. The Morgan fingerprint density at radius 2 is 2.11 bits per heavy atom. The van der Waals surface area contributed by atoms with E-state index in [1.165, 1.54) is 32.1 Å². The third-order valence-corrected chi connectivity index (χ3v) is 5.60. The van der Waals surface area contributed by atoms with Crippen LogP contribution in [-0.2, 0) is 4.79 Å². The summed E-state index contributed by atoms with van der Waals surface area (Å²) < 4.78 is 0. The Morgan fingerprint density at radius 3 is 2.79 bits per heavy atom. The van der Waals surface area contributed by atoms with E-state index in [9.17, 15) is 4.79 Å². The summed E-state index contributed by atoms with van der Waals surface area (Å²) >= 11 is 1.58. The number of amides is 1. The van der Waals surface area contributed by atoms with Gasteiger partial charge in [0.2, 0.25) is 5.91 Å². The number of rotatable bonds is 3. The Morgan fingerprint density at radius 1 is 1.32 bits per heavy atom. The molecule has 2 unspecified atom stereocenters. The van der Waals surface area contributed by atoms with Crippen LogP contribution in [0.5, 0.6) is 0 Å². The van der Waals surface area contributed by atoms with Gasteiger partial charge in [0.15, 0.2) is 0 Å². The zero-order valence-electron chi connectivity index (χ0n) is 11.3. The average Bonchev–Trinajstić information content (AvgIpc) is 3.15. The van der Waals surface area contributed by atoms with Crippen LogP contribution in [0.2, 0.25) is 0 Å². The molecule has 2 aliphatic rings. The van der Waals surface area contributed by atoms with Gasteiger partial charge in [-0.15, -0.1) is 11.3 Å². The van der Waals surface area contributed by atoms with E-state index in [1.54, 1.807) is 11.3 Å². The molecule has 1 aromatic rings. The van der Waals surface area contributed by atoms with E-state index >= 15 is 0 Å². The maximum absolute atomic E-state index is 12.6. The standard InChI is InChI=1S/C15H22N2OS/c16-14(13-8-4-10-19-13)15(18)17-9-3-7-12(17)11-5-1-2-6-11/h4,8,10-12,14H,1-3,5-7,9,16H2. The lowest BCUT2D eigenvalue weighted by molar-refractivity contribution is -0.134. The number of thiophene rings is 1. The van der Waals surface area contributed by atoms with Crippen molar-refractivity contribution in [2.24, 2.45) is 11.7 Å². The first-order chi connectivity index (χ1) is 9.27. The highest BCUT2D eigenvalue weighted by atomic mass is 32.1. The minimum Gasteiger partial charge on any atom is -0.338 e. The molecular weight excluding hydrogens is 256 g/mol. The molecule has 0 spiro atoms. The molecule has 0 bridgehead atoms. The van der Waals surface area contributed by atoms with Crippen molar-refractivity contribution < 1.29 is 4.79 Å². The second kappa shape index (κ2) is 5.63. The molecule has 104 valence electrons. The first kappa shape index (κ1) is 13.1.